The van der Waals surface area contributed by atoms with Gasteiger partial charge in [-0.25, -0.2) is 9.78 Å². The monoisotopic (exact) mass is 522 g/mol. The maximum Gasteiger partial charge on any atom is 0.338 e. The Morgan fingerprint density at radius 3 is 2.62 bits per heavy atom. The number of halogens is 1. The number of rotatable bonds is 8. The Morgan fingerprint density at radius 1 is 1.19 bits per heavy atom. The molecular weight excluding hydrogens is 488 g/mol. The van der Waals surface area contributed by atoms with Crippen molar-refractivity contribution in [3.05, 3.63) is 70.2 Å². The van der Waals surface area contributed by atoms with E-state index in [1.54, 1.807) is 0 Å². The molecule has 2 unspecified atom stereocenters. The van der Waals surface area contributed by atoms with Crippen molar-refractivity contribution >= 4 is 28.6 Å². The third kappa shape index (κ3) is 5.22. The van der Waals surface area contributed by atoms with Gasteiger partial charge in [-0.3, -0.25) is 0 Å². The molecule has 2 aliphatic rings. The smallest absolute Gasteiger partial charge is 0.338 e. The Hall–Kier alpha value is -2.99. The summed E-state index contributed by atoms with van der Waals surface area (Å²) < 4.78 is 12.1. The zero-order valence-corrected chi connectivity index (χ0v) is 22.5. The van der Waals surface area contributed by atoms with Gasteiger partial charge in [0.2, 0.25) is 0 Å². The normalized spacial score (nSPS) is 21.6. The first kappa shape index (κ1) is 25.7. The molecule has 0 radical (unpaired) electrons. The Balaban J connectivity index is 1.40. The number of carbonyl (C=O) groups excluding carboxylic acids is 1. The quantitative estimate of drug-likeness (QED) is 0.300. The number of aliphatic hydroxyl groups is 1. The highest BCUT2D eigenvalue weighted by Gasteiger charge is 2.49. The minimum Gasteiger partial charge on any atom is -0.512 e. The number of nitrogens with zero attached hydrogens (tertiary/aromatic N) is 1. The third-order valence-electron chi connectivity index (χ3n) is 7.84. The van der Waals surface area contributed by atoms with Crippen molar-refractivity contribution in [1.29, 1.82) is 0 Å². The molecule has 6 nitrogen and oxygen atoms in total. The summed E-state index contributed by atoms with van der Waals surface area (Å²) >= 11 is 6.48. The van der Waals surface area contributed by atoms with Gasteiger partial charge in [0, 0.05) is 12.3 Å². The Kier molecular flexibility index (Phi) is 7.21. The summed E-state index contributed by atoms with van der Waals surface area (Å²) in [7, 11) is 0. The van der Waals surface area contributed by atoms with Crippen LogP contribution in [-0.4, -0.2) is 32.7 Å². The molecule has 196 valence electrons. The van der Waals surface area contributed by atoms with E-state index in [1.807, 2.05) is 63.2 Å². The fourth-order valence-electron chi connectivity index (χ4n) is 5.94. The van der Waals surface area contributed by atoms with Gasteiger partial charge in [0.05, 0.1) is 27.7 Å². The highest BCUT2D eigenvalue weighted by molar-refractivity contribution is 6.32. The molecule has 2 aromatic carbocycles. The van der Waals surface area contributed by atoms with Gasteiger partial charge < -0.3 is 19.6 Å². The Bertz CT molecular complexity index is 1290. The number of nitrogens with one attached hydrogen (secondary N) is 1. The second kappa shape index (κ2) is 10.4. The van der Waals surface area contributed by atoms with Crippen LogP contribution in [0.1, 0.15) is 76.6 Å². The van der Waals surface area contributed by atoms with E-state index in [1.165, 1.54) is 0 Å². The van der Waals surface area contributed by atoms with E-state index in [9.17, 15) is 9.90 Å². The lowest BCUT2D eigenvalue weighted by Gasteiger charge is -2.42. The first-order chi connectivity index (χ1) is 17.8. The van der Waals surface area contributed by atoms with Crippen LogP contribution in [0.2, 0.25) is 5.02 Å². The number of fused-ring (bicyclic) bond motifs is 1. The second-order valence-corrected chi connectivity index (χ2v) is 11.2. The van der Waals surface area contributed by atoms with Crippen LogP contribution in [0, 0.1) is 5.92 Å². The standard InChI is InChI=1S/C30H35ClN2O4/c1-18(2)36-26-13-12-20(16-22(26)31)14-15-30(21-8-4-5-9-21)17-25(34)27(29(35)37-30)19(3)28-32-23-10-6-7-11-24(23)33-28/h6-7,10-13,16,18-19,21,34H,4-5,8-9,14-15,17H2,1-3H3,(H,32,33). The number of esters is 1. The van der Waals surface area contributed by atoms with Crippen molar-refractivity contribution in [1.82, 2.24) is 9.97 Å². The number of aromatic nitrogens is 2. The molecule has 37 heavy (non-hydrogen) atoms. The van der Waals surface area contributed by atoms with Gasteiger partial charge in [0.1, 0.15) is 22.9 Å². The lowest BCUT2D eigenvalue weighted by atomic mass is 9.75. The zero-order valence-electron chi connectivity index (χ0n) is 21.7. The van der Waals surface area contributed by atoms with Gasteiger partial charge in [0.15, 0.2) is 0 Å². The van der Waals surface area contributed by atoms with Gasteiger partial charge in [-0.05, 0) is 75.3 Å². The minimum absolute atomic E-state index is 0.0431. The molecule has 1 aliphatic carbocycles. The average molecular weight is 523 g/mol. The second-order valence-electron chi connectivity index (χ2n) is 10.8. The highest BCUT2D eigenvalue weighted by atomic mass is 35.5. The van der Waals surface area contributed by atoms with Crippen LogP contribution in [0.4, 0.5) is 0 Å². The number of benzene rings is 2. The summed E-state index contributed by atoms with van der Waals surface area (Å²) in [5.74, 6) is 0.804. The van der Waals surface area contributed by atoms with Crippen LogP contribution in [0.3, 0.4) is 0 Å². The first-order valence-electron chi connectivity index (χ1n) is 13.3. The number of aryl methyl sites for hydroxylation is 1. The number of ether oxygens (including phenoxy) is 2. The topological polar surface area (TPSA) is 84.4 Å². The molecule has 2 heterocycles. The first-order valence-corrected chi connectivity index (χ1v) is 13.7. The Labute approximate surface area is 223 Å². The molecule has 1 fully saturated rings. The molecule has 2 atom stereocenters. The SMILES string of the molecule is CC(C)Oc1ccc(CCC2(C3CCCC3)CC(O)=C(C(C)c3nc4ccccc4[nH]3)C(=O)O2)cc1Cl. The molecule has 1 aromatic heterocycles. The van der Waals surface area contributed by atoms with Crippen LogP contribution in [0.25, 0.3) is 11.0 Å². The van der Waals surface area contributed by atoms with Crippen molar-refractivity contribution in [2.24, 2.45) is 5.92 Å². The van der Waals surface area contributed by atoms with E-state index < -0.39 is 17.5 Å². The summed E-state index contributed by atoms with van der Waals surface area (Å²) in [4.78, 5) is 21.4. The number of carbonyl (C=O) groups is 1. The van der Waals surface area contributed by atoms with Crippen molar-refractivity contribution in [2.75, 3.05) is 0 Å². The maximum absolute atomic E-state index is 13.5. The molecule has 0 spiro atoms. The minimum atomic E-state index is -0.728. The van der Waals surface area contributed by atoms with E-state index in [-0.39, 0.29) is 17.8 Å². The van der Waals surface area contributed by atoms with Gasteiger partial charge >= 0.3 is 5.97 Å². The lowest BCUT2D eigenvalue weighted by molar-refractivity contribution is -0.167. The van der Waals surface area contributed by atoms with E-state index in [2.05, 4.69) is 9.97 Å². The largest absolute Gasteiger partial charge is 0.512 e. The molecule has 5 rings (SSSR count). The van der Waals surface area contributed by atoms with Crippen LogP contribution >= 0.6 is 11.6 Å². The summed E-state index contributed by atoms with van der Waals surface area (Å²) in [5.41, 5.74) is 2.36. The number of hydrogen-bond acceptors (Lipinski definition) is 5. The van der Waals surface area contributed by atoms with Gasteiger partial charge in [-0.2, -0.15) is 0 Å². The maximum atomic E-state index is 13.5. The molecule has 2 N–H and O–H groups in total. The fourth-order valence-corrected chi connectivity index (χ4v) is 6.19. The summed E-state index contributed by atoms with van der Waals surface area (Å²) in [6.45, 7) is 5.82. The van der Waals surface area contributed by atoms with Crippen molar-refractivity contribution in [2.45, 2.75) is 83.3 Å². The van der Waals surface area contributed by atoms with Crippen molar-refractivity contribution in [3.8, 4) is 5.75 Å². The van der Waals surface area contributed by atoms with Crippen molar-refractivity contribution < 1.29 is 19.4 Å². The summed E-state index contributed by atoms with van der Waals surface area (Å²) in [6, 6.07) is 13.6. The molecule has 0 saturated heterocycles. The lowest BCUT2D eigenvalue weighted by Crippen LogP contribution is -2.46. The van der Waals surface area contributed by atoms with Gasteiger partial charge in [-0.15, -0.1) is 0 Å². The van der Waals surface area contributed by atoms with Crippen LogP contribution in [0.5, 0.6) is 5.75 Å². The number of H-pyrrole nitrogens is 1. The average Bonchev–Trinajstić information content (AvgIpc) is 3.54. The number of cyclic esters (lactones) is 1. The zero-order chi connectivity index (χ0) is 26.2. The van der Waals surface area contributed by atoms with Gasteiger partial charge in [-0.1, -0.05) is 49.6 Å². The third-order valence-corrected chi connectivity index (χ3v) is 8.13. The summed E-state index contributed by atoms with van der Waals surface area (Å²) in [6.07, 6.45) is 5.90. The molecule has 7 heteroatoms. The van der Waals surface area contributed by atoms with Crippen LogP contribution < -0.4 is 4.74 Å². The number of para-hydroxylation sites is 2. The molecule has 1 aliphatic heterocycles. The number of hydrogen-bond donors (Lipinski definition) is 2. The van der Waals surface area contributed by atoms with E-state index in [0.29, 0.717) is 41.4 Å². The molecule has 3 aromatic rings. The number of imidazole rings is 1. The molecule has 1 saturated carbocycles. The van der Waals surface area contributed by atoms with E-state index in [4.69, 9.17) is 21.1 Å². The number of aliphatic hydroxyl groups excluding tert-OH is 1. The van der Waals surface area contributed by atoms with E-state index in [0.717, 1.165) is 42.3 Å². The number of aromatic amines is 1. The predicted octanol–water partition coefficient (Wildman–Crippen LogP) is 7.43. The molecular formula is C30H35ClN2O4. The van der Waals surface area contributed by atoms with Crippen molar-refractivity contribution in [3.63, 3.8) is 0 Å². The van der Waals surface area contributed by atoms with E-state index >= 15 is 0 Å². The molecule has 0 amide bonds. The Morgan fingerprint density at radius 2 is 1.95 bits per heavy atom. The van der Waals surface area contributed by atoms with Crippen LogP contribution in [-0.2, 0) is 16.0 Å². The predicted molar refractivity (Wildman–Crippen MR) is 145 cm³/mol. The fraction of sp³-hybridized carbons (Fsp3) is 0.467. The molecule has 0 bridgehead atoms. The highest BCUT2D eigenvalue weighted by Crippen LogP contribution is 2.47. The van der Waals surface area contributed by atoms with Crippen LogP contribution in [0.15, 0.2) is 53.8 Å². The summed E-state index contributed by atoms with van der Waals surface area (Å²) in [5, 5.41) is 11.9. The van der Waals surface area contributed by atoms with Gasteiger partial charge in [0.25, 0.3) is 0 Å².